The summed E-state index contributed by atoms with van der Waals surface area (Å²) < 4.78 is 0. The second-order valence-electron chi connectivity index (χ2n) is 3.12. The zero-order chi connectivity index (χ0) is 8.15. The van der Waals surface area contributed by atoms with Crippen molar-refractivity contribution in [2.24, 2.45) is 11.8 Å². The van der Waals surface area contributed by atoms with Gasteiger partial charge in [-0.1, -0.05) is 27.7 Å². The summed E-state index contributed by atoms with van der Waals surface area (Å²) in [5.41, 5.74) is 0.911. The fraction of sp³-hybridized carbons (Fsp3) is 0.600. The first-order valence-electron chi connectivity index (χ1n) is 3.75. The fourth-order valence-electron chi connectivity index (χ4n) is 0.430. The Hall–Kier alpha value is 0.584. The van der Waals surface area contributed by atoms with Gasteiger partial charge in [-0.05, 0) is 0 Å². The molecule has 0 bridgehead atoms. The van der Waals surface area contributed by atoms with E-state index >= 15 is 0 Å². The first-order valence-corrected chi connectivity index (χ1v) is 3.75. The van der Waals surface area contributed by atoms with Crippen LogP contribution in [0.4, 0.5) is 0 Å². The van der Waals surface area contributed by atoms with Crippen LogP contribution in [0.5, 0.6) is 0 Å². The summed E-state index contributed by atoms with van der Waals surface area (Å²) in [5, 5.41) is 0. The van der Waals surface area contributed by atoms with Crippen LogP contribution in [0.1, 0.15) is 27.7 Å². The van der Waals surface area contributed by atoms with Gasteiger partial charge < -0.3 is 24.3 Å². The molecule has 0 fully saturated rings. The van der Waals surface area contributed by atoms with E-state index in [2.05, 4.69) is 33.8 Å². The smallest absolute Gasteiger partial charge is 0 e. The average Bonchev–Trinajstić information content (AvgIpc) is 1.82. The number of hydrogen-bond acceptors (Lipinski definition) is 0. The topological polar surface area (TPSA) is 0 Å². The van der Waals surface area contributed by atoms with E-state index < -0.39 is 0 Å². The van der Waals surface area contributed by atoms with E-state index in [9.17, 15) is 0 Å². The fourth-order valence-corrected chi connectivity index (χ4v) is 0.430. The third kappa shape index (κ3) is 8.49. The summed E-state index contributed by atoms with van der Waals surface area (Å²) in [6.45, 7) is 14.0. The molecular weight excluding hydrogens is 209 g/mol. The zero-order valence-corrected chi connectivity index (χ0v) is 10.7. The third-order valence-electron chi connectivity index (χ3n) is 1.25. The maximum absolute atomic E-state index is 5.66. The predicted octanol–water partition coefficient (Wildman–Crippen LogP) is 3.01. The Morgan fingerprint density at radius 2 is 1.73 bits per heavy atom. The Morgan fingerprint density at radius 1 is 1.27 bits per heavy atom. The van der Waals surface area contributed by atoms with E-state index in [1.54, 1.807) is 0 Å². The minimum Gasteiger partial charge on any atom is -0.390 e. The van der Waals surface area contributed by atoms with Gasteiger partial charge in [-0.3, -0.25) is 0 Å². The van der Waals surface area contributed by atoms with Crippen molar-refractivity contribution >= 4 is 0 Å². The number of hydrogen-bond donors (Lipinski definition) is 0. The second kappa shape index (κ2) is 7.24. The van der Waals surface area contributed by atoms with E-state index in [4.69, 9.17) is 6.58 Å². The molecule has 0 saturated heterocycles. The third-order valence-corrected chi connectivity index (χ3v) is 1.25. The minimum atomic E-state index is 0. The molecule has 1 heteroatoms. The number of rotatable bonds is 3. The van der Waals surface area contributed by atoms with Gasteiger partial charge in [0.2, 0.25) is 0 Å². The van der Waals surface area contributed by atoms with Gasteiger partial charge in [0, 0.05) is 32.7 Å². The van der Waals surface area contributed by atoms with Crippen molar-refractivity contribution in [2.45, 2.75) is 27.7 Å². The Labute approximate surface area is 96.0 Å². The Bertz CT molecular complexity index is 132. The largest absolute Gasteiger partial charge is 0.390 e. The second-order valence-corrected chi connectivity index (χ2v) is 3.12. The molecule has 0 aliphatic carbocycles. The zero-order valence-electron chi connectivity index (χ0n) is 7.89. The van der Waals surface area contributed by atoms with Gasteiger partial charge in [0.05, 0.1) is 0 Å². The van der Waals surface area contributed by atoms with Gasteiger partial charge in [0.25, 0.3) is 0 Å². The van der Waals surface area contributed by atoms with Gasteiger partial charge in [0.15, 0.2) is 0 Å². The molecule has 1 radical (unpaired) electrons. The quantitative estimate of drug-likeness (QED) is 0.511. The first kappa shape index (κ1) is 14.1. The van der Waals surface area contributed by atoms with Crippen molar-refractivity contribution in [3.63, 3.8) is 0 Å². The summed E-state index contributed by atoms with van der Waals surface area (Å²) in [4.78, 5) is 0. The minimum absolute atomic E-state index is 0. The molecule has 0 saturated carbocycles. The van der Waals surface area contributed by atoms with Gasteiger partial charge >= 0.3 is 0 Å². The Kier molecular flexibility index (Phi) is 9.30. The summed E-state index contributed by atoms with van der Waals surface area (Å²) >= 11 is 0. The van der Waals surface area contributed by atoms with Crippen molar-refractivity contribution < 1.29 is 32.7 Å². The predicted molar refractivity (Wildman–Crippen MR) is 45.3 cm³/mol. The van der Waals surface area contributed by atoms with E-state index in [0.717, 1.165) is 5.57 Å². The molecule has 0 amide bonds. The molecule has 11 heavy (non-hydrogen) atoms. The van der Waals surface area contributed by atoms with Crippen LogP contribution >= 0.6 is 0 Å². The monoisotopic (exact) mass is 225 g/mol. The molecule has 0 atom stereocenters. The van der Waals surface area contributed by atoms with Crippen LogP contribution in [-0.2, 0) is 32.7 Å². The van der Waals surface area contributed by atoms with Crippen LogP contribution in [0.15, 0.2) is 11.6 Å². The van der Waals surface area contributed by atoms with Gasteiger partial charge in [-0.25, -0.2) is 0 Å². The van der Waals surface area contributed by atoms with Crippen molar-refractivity contribution in [1.29, 1.82) is 0 Å². The molecule has 0 N–H and O–H groups in total. The van der Waals surface area contributed by atoms with Crippen LogP contribution in [0.2, 0.25) is 0 Å². The molecule has 0 aromatic heterocycles. The van der Waals surface area contributed by atoms with Crippen LogP contribution in [0.25, 0.3) is 0 Å². The maximum Gasteiger partial charge on any atom is 0 e. The van der Waals surface area contributed by atoms with E-state index in [1.807, 2.05) is 6.08 Å². The molecular formula is C10H16Y-2. The Balaban J connectivity index is 0. The molecule has 0 aliphatic heterocycles. The van der Waals surface area contributed by atoms with Crippen LogP contribution < -0.4 is 0 Å². The molecule has 0 aliphatic rings. The SMILES string of the molecule is [CH-]=C(C=[C-]C(C)C)C(C)C.[Y]. The van der Waals surface area contributed by atoms with Crippen molar-refractivity contribution in [2.75, 3.05) is 0 Å². The molecule has 0 unspecified atom stereocenters. The van der Waals surface area contributed by atoms with Gasteiger partial charge in [0.1, 0.15) is 0 Å². The average molecular weight is 225 g/mol. The van der Waals surface area contributed by atoms with Gasteiger partial charge in [-0.15, -0.1) is 11.8 Å². The van der Waals surface area contributed by atoms with Crippen LogP contribution in [0.3, 0.4) is 0 Å². The standard InChI is InChI=1S/C10H16.Y/c1-8(2)6-7-10(5)9(3)4;/h5,7-9H,1-4H3;/q-2;. The molecule has 0 nitrogen and oxygen atoms in total. The molecule has 0 aromatic carbocycles. The van der Waals surface area contributed by atoms with Crippen LogP contribution in [0, 0.1) is 24.5 Å². The van der Waals surface area contributed by atoms with Gasteiger partial charge in [-0.2, -0.15) is 0 Å². The summed E-state index contributed by atoms with van der Waals surface area (Å²) in [6, 6.07) is 0. The summed E-state index contributed by atoms with van der Waals surface area (Å²) in [5.74, 6) is 0.906. The maximum atomic E-state index is 5.66. The van der Waals surface area contributed by atoms with E-state index in [0.29, 0.717) is 11.8 Å². The van der Waals surface area contributed by atoms with E-state index in [-0.39, 0.29) is 32.7 Å². The first-order chi connectivity index (χ1) is 4.54. The summed E-state index contributed by atoms with van der Waals surface area (Å²) in [7, 11) is 0. The Morgan fingerprint density at radius 3 is 2.00 bits per heavy atom. The molecule has 0 rings (SSSR count). The molecule has 0 heterocycles. The molecule has 0 spiro atoms. The molecule has 0 aromatic rings. The van der Waals surface area contributed by atoms with Crippen LogP contribution in [-0.4, -0.2) is 0 Å². The van der Waals surface area contributed by atoms with Crippen molar-refractivity contribution in [3.05, 3.63) is 24.3 Å². The summed E-state index contributed by atoms with van der Waals surface area (Å²) in [6.07, 6.45) is 5.02. The van der Waals surface area contributed by atoms with E-state index in [1.165, 1.54) is 0 Å². The van der Waals surface area contributed by atoms with Crippen molar-refractivity contribution in [1.82, 2.24) is 0 Å². The van der Waals surface area contributed by atoms with Crippen molar-refractivity contribution in [3.8, 4) is 0 Å². The normalized spacial score (nSPS) is 10.7. The number of allylic oxidation sites excluding steroid dienone is 3. The molecule has 61 valence electrons.